The summed E-state index contributed by atoms with van der Waals surface area (Å²) in [7, 11) is 1.65. The Bertz CT molecular complexity index is 365. The van der Waals surface area contributed by atoms with E-state index in [1.807, 2.05) is 19.1 Å². The van der Waals surface area contributed by atoms with Crippen molar-refractivity contribution in [2.45, 2.75) is 32.3 Å². The zero-order chi connectivity index (χ0) is 10.3. The molecule has 1 aliphatic rings. The number of aryl methyl sites for hydroxylation is 1. The minimum Gasteiger partial charge on any atom is -0.496 e. The molecule has 0 unspecified atom stereocenters. The lowest BCUT2D eigenvalue weighted by Gasteiger charge is -2.17. The highest BCUT2D eigenvalue weighted by atomic mass is 16.5. The summed E-state index contributed by atoms with van der Waals surface area (Å²) in [5, 5.41) is 10.1. The summed E-state index contributed by atoms with van der Waals surface area (Å²) in [5.41, 5.74) is 2.74. The zero-order valence-corrected chi connectivity index (χ0v) is 8.92. The normalized spacial score (nSPS) is 18.0. The van der Waals surface area contributed by atoms with Crippen LogP contribution in [0.1, 0.15) is 29.5 Å². The average molecular weight is 192 g/mol. The maximum Gasteiger partial charge on any atom is 0.125 e. The molecule has 0 amide bonds. The van der Waals surface area contributed by atoms with E-state index in [0.717, 1.165) is 29.7 Å². The molecule has 2 heteroatoms. The van der Waals surface area contributed by atoms with Crippen molar-refractivity contribution in [3.05, 3.63) is 28.8 Å². The molecule has 14 heavy (non-hydrogen) atoms. The SMILES string of the molecule is COc1ccc(C)c(C)c1C1(O)CC1. The van der Waals surface area contributed by atoms with Crippen molar-refractivity contribution in [1.29, 1.82) is 0 Å². The predicted molar refractivity (Wildman–Crippen MR) is 55.6 cm³/mol. The van der Waals surface area contributed by atoms with E-state index in [4.69, 9.17) is 4.74 Å². The van der Waals surface area contributed by atoms with Gasteiger partial charge in [-0.25, -0.2) is 0 Å². The Labute approximate surface area is 84.5 Å². The Balaban J connectivity index is 2.59. The van der Waals surface area contributed by atoms with Crippen LogP contribution in [-0.4, -0.2) is 12.2 Å². The summed E-state index contributed by atoms with van der Waals surface area (Å²) in [6.45, 7) is 4.10. The molecule has 76 valence electrons. The molecule has 1 fully saturated rings. The summed E-state index contributed by atoms with van der Waals surface area (Å²) >= 11 is 0. The molecule has 1 aliphatic carbocycles. The van der Waals surface area contributed by atoms with Crippen molar-refractivity contribution in [2.75, 3.05) is 7.11 Å². The van der Waals surface area contributed by atoms with Gasteiger partial charge in [0.15, 0.2) is 0 Å². The molecule has 0 aliphatic heterocycles. The largest absolute Gasteiger partial charge is 0.496 e. The minimum atomic E-state index is -0.610. The van der Waals surface area contributed by atoms with Gasteiger partial charge in [-0.3, -0.25) is 0 Å². The minimum absolute atomic E-state index is 0.610. The van der Waals surface area contributed by atoms with Gasteiger partial charge in [-0.15, -0.1) is 0 Å². The van der Waals surface area contributed by atoms with Gasteiger partial charge in [-0.05, 0) is 43.9 Å². The van der Waals surface area contributed by atoms with Crippen molar-refractivity contribution in [1.82, 2.24) is 0 Å². The second-order valence-corrected chi connectivity index (χ2v) is 4.12. The maximum atomic E-state index is 10.1. The lowest BCUT2D eigenvalue weighted by Crippen LogP contribution is -2.10. The summed E-state index contributed by atoms with van der Waals surface area (Å²) in [6.07, 6.45) is 1.71. The lowest BCUT2D eigenvalue weighted by molar-refractivity contribution is 0.146. The monoisotopic (exact) mass is 192 g/mol. The van der Waals surface area contributed by atoms with E-state index < -0.39 is 5.60 Å². The number of benzene rings is 1. The Morgan fingerprint density at radius 1 is 1.29 bits per heavy atom. The Hall–Kier alpha value is -1.02. The highest BCUT2D eigenvalue weighted by molar-refractivity contribution is 5.49. The maximum absolute atomic E-state index is 10.1. The second kappa shape index (κ2) is 2.99. The third kappa shape index (κ3) is 1.30. The average Bonchev–Trinajstić information content (AvgIpc) is 2.89. The summed E-state index contributed by atoms with van der Waals surface area (Å²) < 4.78 is 5.29. The van der Waals surface area contributed by atoms with Gasteiger partial charge in [0.25, 0.3) is 0 Å². The van der Waals surface area contributed by atoms with Crippen LogP contribution in [0.4, 0.5) is 0 Å². The van der Waals surface area contributed by atoms with Crippen LogP contribution >= 0.6 is 0 Å². The van der Waals surface area contributed by atoms with Crippen molar-refractivity contribution >= 4 is 0 Å². The predicted octanol–water partition coefficient (Wildman–Crippen LogP) is 2.29. The first-order valence-electron chi connectivity index (χ1n) is 4.95. The molecule has 1 aromatic rings. The van der Waals surface area contributed by atoms with E-state index in [1.165, 1.54) is 5.56 Å². The quantitative estimate of drug-likeness (QED) is 0.779. The van der Waals surface area contributed by atoms with Crippen LogP contribution in [0, 0.1) is 13.8 Å². The molecular formula is C12H16O2. The lowest BCUT2D eigenvalue weighted by atomic mass is 9.96. The first-order valence-corrected chi connectivity index (χ1v) is 4.95. The fourth-order valence-electron chi connectivity index (χ4n) is 1.91. The first-order chi connectivity index (χ1) is 6.58. The number of aliphatic hydroxyl groups is 1. The van der Waals surface area contributed by atoms with Crippen LogP contribution < -0.4 is 4.74 Å². The van der Waals surface area contributed by atoms with Crippen molar-refractivity contribution < 1.29 is 9.84 Å². The number of ether oxygens (including phenoxy) is 1. The summed E-state index contributed by atoms with van der Waals surface area (Å²) in [5.74, 6) is 0.813. The fraction of sp³-hybridized carbons (Fsp3) is 0.500. The zero-order valence-electron chi connectivity index (χ0n) is 8.92. The molecule has 0 atom stereocenters. The van der Waals surface area contributed by atoms with Crippen LogP contribution in [0.25, 0.3) is 0 Å². The van der Waals surface area contributed by atoms with E-state index in [2.05, 4.69) is 6.92 Å². The van der Waals surface area contributed by atoms with E-state index in [1.54, 1.807) is 7.11 Å². The molecule has 0 saturated heterocycles. The molecule has 0 radical (unpaired) electrons. The van der Waals surface area contributed by atoms with Gasteiger partial charge in [0.2, 0.25) is 0 Å². The van der Waals surface area contributed by atoms with E-state index in [0.29, 0.717) is 0 Å². The number of hydrogen-bond acceptors (Lipinski definition) is 2. The third-order valence-corrected chi connectivity index (χ3v) is 3.11. The van der Waals surface area contributed by atoms with Crippen molar-refractivity contribution in [2.24, 2.45) is 0 Å². The van der Waals surface area contributed by atoms with Gasteiger partial charge < -0.3 is 9.84 Å². The van der Waals surface area contributed by atoms with Crippen LogP contribution in [0.5, 0.6) is 5.75 Å². The summed E-state index contributed by atoms with van der Waals surface area (Å²) in [4.78, 5) is 0. The Kier molecular flexibility index (Phi) is 2.04. The molecule has 1 aromatic carbocycles. The molecule has 0 bridgehead atoms. The molecule has 1 saturated carbocycles. The van der Waals surface area contributed by atoms with Crippen LogP contribution in [0.2, 0.25) is 0 Å². The second-order valence-electron chi connectivity index (χ2n) is 4.12. The van der Waals surface area contributed by atoms with Crippen molar-refractivity contribution in [3.63, 3.8) is 0 Å². The molecule has 2 rings (SSSR count). The topological polar surface area (TPSA) is 29.5 Å². The number of methoxy groups -OCH3 is 1. The highest BCUT2D eigenvalue weighted by Gasteiger charge is 2.45. The smallest absolute Gasteiger partial charge is 0.125 e. The molecule has 0 heterocycles. The van der Waals surface area contributed by atoms with Gasteiger partial charge in [0.05, 0.1) is 12.7 Å². The van der Waals surface area contributed by atoms with Crippen LogP contribution in [-0.2, 0) is 5.60 Å². The molecular weight excluding hydrogens is 176 g/mol. The molecule has 0 spiro atoms. The van der Waals surface area contributed by atoms with Gasteiger partial charge >= 0.3 is 0 Å². The van der Waals surface area contributed by atoms with Gasteiger partial charge in [0, 0.05) is 5.56 Å². The number of hydrogen-bond donors (Lipinski definition) is 1. The van der Waals surface area contributed by atoms with E-state index in [9.17, 15) is 5.11 Å². The van der Waals surface area contributed by atoms with Gasteiger partial charge in [-0.1, -0.05) is 6.07 Å². The fourth-order valence-corrected chi connectivity index (χ4v) is 1.91. The Morgan fingerprint density at radius 2 is 1.93 bits per heavy atom. The molecule has 1 N–H and O–H groups in total. The standard InChI is InChI=1S/C12H16O2/c1-8-4-5-10(14-3)11(9(8)2)12(13)6-7-12/h4-5,13H,6-7H2,1-3H3. The molecule has 0 aromatic heterocycles. The van der Waals surface area contributed by atoms with Crippen molar-refractivity contribution in [3.8, 4) is 5.75 Å². The van der Waals surface area contributed by atoms with E-state index in [-0.39, 0.29) is 0 Å². The summed E-state index contributed by atoms with van der Waals surface area (Å²) in [6, 6.07) is 3.97. The first kappa shape index (κ1) is 9.53. The highest BCUT2D eigenvalue weighted by Crippen LogP contribution is 2.50. The number of rotatable bonds is 2. The van der Waals surface area contributed by atoms with Gasteiger partial charge in [-0.2, -0.15) is 0 Å². The van der Waals surface area contributed by atoms with E-state index >= 15 is 0 Å². The van der Waals surface area contributed by atoms with Crippen LogP contribution in [0.3, 0.4) is 0 Å². The Morgan fingerprint density at radius 3 is 2.43 bits per heavy atom. The third-order valence-electron chi connectivity index (χ3n) is 3.11. The van der Waals surface area contributed by atoms with Crippen LogP contribution in [0.15, 0.2) is 12.1 Å². The van der Waals surface area contributed by atoms with Gasteiger partial charge in [0.1, 0.15) is 5.75 Å². The molecule has 2 nitrogen and oxygen atoms in total.